The van der Waals surface area contributed by atoms with Crippen LogP contribution in [0.15, 0.2) is 24.4 Å². The van der Waals surface area contributed by atoms with Gasteiger partial charge in [0.2, 0.25) is 0 Å². The first-order chi connectivity index (χ1) is 8.50. The Morgan fingerprint density at radius 2 is 2.22 bits per heavy atom. The number of rotatable bonds is 4. The lowest BCUT2D eigenvalue weighted by Crippen LogP contribution is -2.63. The number of carbonyl (C=O) groups is 2. The van der Waals surface area contributed by atoms with Crippen molar-refractivity contribution >= 4 is 11.9 Å². The summed E-state index contributed by atoms with van der Waals surface area (Å²) in [4.78, 5) is 27.9. The van der Waals surface area contributed by atoms with Gasteiger partial charge >= 0.3 is 5.97 Å². The van der Waals surface area contributed by atoms with Crippen LogP contribution in [0.1, 0.15) is 17.4 Å². The van der Waals surface area contributed by atoms with Gasteiger partial charge in [0.05, 0.1) is 13.1 Å². The fourth-order valence-corrected chi connectivity index (χ4v) is 1.88. The van der Waals surface area contributed by atoms with E-state index in [-0.39, 0.29) is 12.5 Å². The summed E-state index contributed by atoms with van der Waals surface area (Å²) in [5.74, 6) is -1.17. The molecule has 0 atom stereocenters. The fourth-order valence-electron chi connectivity index (χ4n) is 1.88. The first kappa shape index (κ1) is 12.5. The number of hydrogen-bond donors (Lipinski definition) is 1. The Morgan fingerprint density at radius 3 is 2.78 bits per heavy atom. The minimum absolute atomic E-state index is 0.160. The zero-order valence-corrected chi connectivity index (χ0v) is 10.00. The molecule has 0 bridgehead atoms. The molecule has 1 aliphatic heterocycles. The number of ether oxygens (including phenoxy) is 1. The summed E-state index contributed by atoms with van der Waals surface area (Å²) in [6.45, 7) is 2.21. The lowest BCUT2D eigenvalue weighted by molar-refractivity contribution is -0.159. The first-order valence-electron chi connectivity index (χ1n) is 5.56. The monoisotopic (exact) mass is 250 g/mol. The van der Waals surface area contributed by atoms with E-state index in [1.807, 2.05) is 0 Å². The number of carboxylic acids is 1. The second-order valence-corrected chi connectivity index (χ2v) is 4.51. The van der Waals surface area contributed by atoms with Crippen molar-refractivity contribution < 1.29 is 19.4 Å². The average Bonchev–Trinajstić information content (AvgIpc) is 2.33. The maximum Gasteiger partial charge on any atom is 0.329 e. The molecule has 0 aromatic carbocycles. The smallest absolute Gasteiger partial charge is 0.329 e. The van der Waals surface area contributed by atoms with Crippen LogP contribution >= 0.6 is 0 Å². The minimum Gasteiger partial charge on any atom is -0.480 e. The number of likely N-dealkylation sites (tertiary alicyclic amines) is 1. The quantitative estimate of drug-likeness (QED) is 0.836. The van der Waals surface area contributed by atoms with Crippen LogP contribution in [-0.2, 0) is 9.53 Å². The number of aromatic nitrogens is 1. The summed E-state index contributed by atoms with van der Waals surface area (Å²) in [5, 5.41) is 8.53. The van der Waals surface area contributed by atoms with Crippen molar-refractivity contribution in [2.45, 2.75) is 12.5 Å². The zero-order valence-electron chi connectivity index (χ0n) is 10.00. The highest BCUT2D eigenvalue weighted by Gasteiger charge is 2.43. The topological polar surface area (TPSA) is 79.7 Å². The van der Waals surface area contributed by atoms with Crippen molar-refractivity contribution in [1.29, 1.82) is 0 Å². The largest absolute Gasteiger partial charge is 0.480 e. The Hall–Kier alpha value is -1.95. The lowest BCUT2D eigenvalue weighted by atomic mass is 9.96. The van der Waals surface area contributed by atoms with Crippen molar-refractivity contribution in [3.05, 3.63) is 30.1 Å². The normalized spacial score (nSPS) is 17.1. The Morgan fingerprint density at radius 1 is 1.50 bits per heavy atom. The molecule has 1 fully saturated rings. The van der Waals surface area contributed by atoms with Gasteiger partial charge in [0, 0.05) is 6.20 Å². The van der Waals surface area contributed by atoms with E-state index in [1.54, 1.807) is 36.2 Å². The molecule has 0 spiro atoms. The Balaban J connectivity index is 1.89. The summed E-state index contributed by atoms with van der Waals surface area (Å²) in [5.41, 5.74) is -0.180. The van der Waals surface area contributed by atoms with E-state index in [9.17, 15) is 9.59 Å². The second-order valence-electron chi connectivity index (χ2n) is 4.51. The van der Waals surface area contributed by atoms with Gasteiger partial charge in [-0.15, -0.1) is 0 Å². The maximum atomic E-state index is 11.9. The summed E-state index contributed by atoms with van der Waals surface area (Å²) in [7, 11) is 0. The molecule has 2 heterocycles. The Labute approximate surface area is 104 Å². The van der Waals surface area contributed by atoms with Gasteiger partial charge in [0.1, 0.15) is 17.9 Å². The van der Waals surface area contributed by atoms with Gasteiger partial charge in [-0.1, -0.05) is 6.07 Å². The van der Waals surface area contributed by atoms with Gasteiger partial charge in [0.25, 0.3) is 5.91 Å². The molecule has 6 heteroatoms. The van der Waals surface area contributed by atoms with Crippen LogP contribution in [0.2, 0.25) is 0 Å². The lowest BCUT2D eigenvalue weighted by Gasteiger charge is -2.47. The molecular weight excluding hydrogens is 236 g/mol. The SMILES string of the molecule is CC1(OCC(=O)O)CN(C(=O)c2ccccn2)C1. The molecule has 1 N–H and O–H groups in total. The van der Waals surface area contributed by atoms with E-state index in [0.717, 1.165) is 0 Å². The standard InChI is InChI=1S/C12H14N2O4/c1-12(18-6-10(15)16)7-14(8-12)11(17)9-4-2-3-5-13-9/h2-5H,6-8H2,1H3,(H,15,16). The molecule has 1 aliphatic rings. The highest BCUT2D eigenvalue weighted by Crippen LogP contribution is 2.25. The van der Waals surface area contributed by atoms with Gasteiger partial charge < -0.3 is 14.7 Å². The maximum absolute atomic E-state index is 11.9. The van der Waals surface area contributed by atoms with Gasteiger partial charge in [-0.05, 0) is 19.1 Å². The molecule has 1 aromatic heterocycles. The number of amides is 1. The Bertz CT molecular complexity index is 454. The Kier molecular flexibility index (Phi) is 3.29. The number of aliphatic carboxylic acids is 1. The van der Waals surface area contributed by atoms with Crippen molar-refractivity contribution in [3.63, 3.8) is 0 Å². The second kappa shape index (κ2) is 4.73. The van der Waals surface area contributed by atoms with Gasteiger partial charge in [-0.2, -0.15) is 0 Å². The van der Waals surface area contributed by atoms with E-state index >= 15 is 0 Å². The minimum atomic E-state index is -1.01. The number of pyridine rings is 1. The third-order valence-corrected chi connectivity index (χ3v) is 2.77. The van der Waals surface area contributed by atoms with Crippen molar-refractivity contribution in [2.24, 2.45) is 0 Å². The number of nitrogens with zero attached hydrogens (tertiary/aromatic N) is 2. The molecule has 18 heavy (non-hydrogen) atoms. The summed E-state index contributed by atoms with van der Waals surface area (Å²) in [6.07, 6.45) is 1.56. The fraction of sp³-hybridized carbons (Fsp3) is 0.417. The summed E-state index contributed by atoms with van der Waals surface area (Å²) >= 11 is 0. The van der Waals surface area contributed by atoms with Crippen molar-refractivity contribution in [2.75, 3.05) is 19.7 Å². The predicted molar refractivity (Wildman–Crippen MR) is 62.1 cm³/mol. The van der Waals surface area contributed by atoms with E-state index in [0.29, 0.717) is 18.8 Å². The van der Waals surface area contributed by atoms with E-state index < -0.39 is 11.6 Å². The van der Waals surface area contributed by atoms with E-state index in [2.05, 4.69) is 4.98 Å². The van der Waals surface area contributed by atoms with Crippen LogP contribution in [0.5, 0.6) is 0 Å². The third-order valence-electron chi connectivity index (χ3n) is 2.77. The molecule has 0 unspecified atom stereocenters. The molecule has 1 saturated heterocycles. The van der Waals surface area contributed by atoms with Crippen LogP contribution in [0.25, 0.3) is 0 Å². The zero-order chi connectivity index (χ0) is 13.2. The van der Waals surface area contributed by atoms with Crippen LogP contribution in [0, 0.1) is 0 Å². The highest BCUT2D eigenvalue weighted by molar-refractivity contribution is 5.93. The molecule has 1 aromatic rings. The van der Waals surface area contributed by atoms with E-state index in [4.69, 9.17) is 9.84 Å². The van der Waals surface area contributed by atoms with Gasteiger partial charge in [-0.25, -0.2) is 4.79 Å². The van der Waals surface area contributed by atoms with Crippen LogP contribution < -0.4 is 0 Å². The van der Waals surface area contributed by atoms with Crippen molar-refractivity contribution in [3.8, 4) is 0 Å². The third kappa shape index (κ3) is 2.65. The van der Waals surface area contributed by atoms with Crippen LogP contribution in [0.4, 0.5) is 0 Å². The van der Waals surface area contributed by atoms with Crippen LogP contribution in [-0.4, -0.2) is 52.2 Å². The van der Waals surface area contributed by atoms with Crippen LogP contribution in [0.3, 0.4) is 0 Å². The highest BCUT2D eigenvalue weighted by atomic mass is 16.5. The summed E-state index contributed by atoms with van der Waals surface area (Å²) in [6, 6.07) is 5.14. The van der Waals surface area contributed by atoms with Gasteiger partial charge in [-0.3, -0.25) is 9.78 Å². The molecule has 0 radical (unpaired) electrons. The van der Waals surface area contributed by atoms with Gasteiger partial charge in [0.15, 0.2) is 0 Å². The van der Waals surface area contributed by atoms with Crippen molar-refractivity contribution in [1.82, 2.24) is 9.88 Å². The summed E-state index contributed by atoms with van der Waals surface area (Å²) < 4.78 is 5.23. The molecule has 1 amide bonds. The number of carbonyl (C=O) groups excluding carboxylic acids is 1. The molecule has 96 valence electrons. The number of carboxylic acid groups (broad SMARTS) is 1. The number of hydrogen-bond acceptors (Lipinski definition) is 4. The molecule has 0 aliphatic carbocycles. The predicted octanol–water partition coefficient (Wildman–Crippen LogP) is 0.397. The molecule has 2 rings (SSSR count). The molecule has 6 nitrogen and oxygen atoms in total. The van der Waals surface area contributed by atoms with E-state index in [1.165, 1.54) is 0 Å². The molecule has 0 saturated carbocycles. The first-order valence-corrected chi connectivity index (χ1v) is 5.56. The average molecular weight is 250 g/mol. The molecular formula is C12H14N2O4.